The number of thiazole rings is 1. The molecule has 0 aliphatic heterocycles. The summed E-state index contributed by atoms with van der Waals surface area (Å²) in [5.74, 6) is -0.0833. The van der Waals surface area contributed by atoms with E-state index in [1.807, 2.05) is 29.8 Å². The van der Waals surface area contributed by atoms with Gasteiger partial charge in [0.05, 0.1) is 17.9 Å². The maximum atomic E-state index is 10.9. The quantitative estimate of drug-likeness (QED) is 0.426. The zero-order chi connectivity index (χ0) is 15.2. The minimum Gasteiger partial charge on any atom is -0.378 e. The van der Waals surface area contributed by atoms with Crippen LogP contribution >= 0.6 is 47.1 Å². The summed E-state index contributed by atoms with van der Waals surface area (Å²) in [6, 6.07) is 5.62. The van der Waals surface area contributed by atoms with Gasteiger partial charge in [0.1, 0.15) is 5.69 Å². The fourth-order valence-corrected chi connectivity index (χ4v) is 2.44. The van der Waals surface area contributed by atoms with Crippen LogP contribution in [0.3, 0.4) is 0 Å². The zero-order valence-corrected chi connectivity index (χ0v) is 16.0. The third-order valence-corrected chi connectivity index (χ3v) is 3.74. The van der Waals surface area contributed by atoms with E-state index < -0.39 is 0 Å². The molecule has 22 heavy (non-hydrogen) atoms. The minimum absolute atomic E-state index is 0. The number of nitrogens with one attached hydrogen (secondary N) is 1. The lowest BCUT2D eigenvalue weighted by atomic mass is 10.2. The van der Waals surface area contributed by atoms with E-state index in [2.05, 4.69) is 20.3 Å². The highest BCUT2D eigenvalue weighted by Gasteiger charge is 2.07. The predicted octanol–water partition coefficient (Wildman–Crippen LogP) is 2.77. The van der Waals surface area contributed by atoms with E-state index in [1.54, 1.807) is 0 Å². The number of amidine groups is 1. The number of carbonyl (C=O) groups is 1. The Kier molecular flexibility index (Phi) is 7.76. The van der Waals surface area contributed by atoms with E-state index in [9.17, 15) is 4.79 Å². The summed E-state index contributed by atoms with van der Waals surface area (Å²) in [7, 11) is 0. The van der Waals surface area contributed by atoms with Gasteiger partial charge in [-0.15, -0.1) is 35.3 Å². The van der Waals surface area contributed by atoms with Gasteiger partial charge >= 0.3 is 0 Å². The molecule has 118 valence electrons. The van der Waals surface area contributed by atoms with Crippen molar-refractivity contribution in [1.29, 1.82) is 0 Å². The smallest absolute Gasteiger partial charge is 0.217 e. The highest BCUT2D eigenvalue weighted by molar-refractivity contribution is 14.0. The van der Waals surface area contributed by atoms with Gasteiger partial charge in [0.2, 0.25) is 11.0 Å². The molecule has 9 heteroatoms. The van der Waals surface area contributed by atoms with Crippen molar-refractivity contribution >= 4 is 63.3 Å². The maximum absolute atomic E-state index is 10.9. The molecule has 0 atom stereocenters. The predicted molar refractivity (Wildman–Crippen MR) is 103 cm³/mol. The number of amides is 1. The molecule has 0 saturated carbocycles. The second-order valence-corrected chi connectivity index (χ2v) is 5.76. The summed E-state index contributed by atoms with van der Waals surface area (Å²) in [5.41, 5.74) is 7.95. The Labute approximate surface area is 154 Å². The van der Waals surface area contributed by atoms with Crippen molar-refractivity contribution in [1.82, 2.24) is 15.3 Å². The van der Waals surface area contributed by atoms with Gasteiger partial charge in [0.25, 0.3) is 0 Å². The van der Waals surface area contributed by atoms with Crippen LogP contribution in [-0.4, -0.2) is 27.3 Å². The number of nitrogens with zero attached hydrogens (tertiary/aromatic N) is 3. The number of nitrogens with two attached hydrogens (primary N) is 1. The molecule has 0 aliphatic rings. The molecule has 2 aromatic rings. The number of hydrogen-bond donors (Lipinski definition) is 2. The molecule has 0 aromatic carbocycles. The number of rotatable bonds is 4. The first kappa shape index (κ1) is 18.8. The standard InChI is InChI=1S/C13H15N5OS2.HI/c1-8(19)15-6-9-4-3-5-10(16-9)11-7-21-13(17-11)18-12(14)20-2;/h3-5,7H,6H2,1-2H3,(H,15,19)(H2,14,17,18);1H. The number of aromatic nitrogens is 2. The average molecular weight is 449 g/mol. The number of aliphatic imine (C=N–C) groups is 1. The molecular formula is C13H16IN5OS2. The molecule has 0 unspecified atom stereocenters. The molecule has 2 heterocycles. The van der Waals surface area contributed by atoms with Gasteiger partial charge in [-0.1, -0.05) is 17.8 Å². The third-order valence-electron chi connectivity index (χ3n) is 2.49. The van der Waals surface area contributed by atoms with E-state index in [0.717, 1.165) is 17.1 Å². The lowest BCUT2D eigenvalue weighted by Crippen LogP contribution is -2.19. The third kappa shape index (κ3) is 5.54. The largest absolute Gasteiger partial charge is 0.378 e. The van der Waals surface area contributed by atoms with Crippen LogP contribution in [0.1, 0.15) is 12.6 Å². The number of thioether (sulfide) groups is 1. The van der Waals surface area contributed by atoms with Crippen molar-refractivity contribution in [2.75, 3.05) is 6.26 Å². The minimum atomic E-state index is -0.0833. The molecule has 0 radical (unpaired) electrons. The number of pyridine rings is 1. The van der Waals surface area contributed by atoms with Gasteiger partial charge < -0.3 is 11.1 Å². The van der Waals surface area contributed by atoms with Crippen molar-refractivity contribution in [3.8, 4) is 11.4 Å². The van der Waals surface area contributed by atoms with Crippen LogP contribution < -0.4 is 11.1 Å². The van der Waals surface area contributed by atoms with Crippen molar-refractivity contribution in [2.45, 2.75) is 13.5 Å². The van der Waals surface area contributed by atoms with Gasteiger partial charge in [0.15, 0.2) is 5.17 Å². The van der Waals surface area contributed by atoms with E-state index in [0.29, 0.717) is 16.8 Å². The Morgan fingerprint density at radius 3 is 2.86 bits per heavy atom. The van der Waals surface area contributed by atoms with Crippen molar-refractivity contribution in [2.24, 2.45) is 10.7 Å². The topological polar surface area (TPSA) is 93.3 Å². The van der Waals surface area contributed by atoms with Crippen molar-refractivity contribution in [3.05, 3.63) is 29.3 Å². The van der Waals surface area contributed by atoms with Gasteiger partial charge in [-0.25, -0.2) is 9.97 Å². The molecule has 1 amide bonds. The number of hydrogen-bond acceptors (Lipinski definition) is 6. The Hall–Kier alpha value is -1.20. The summed E-state index contributed by atoms with van der Waals surface area (Å²) in [6.07, 6.45) is 1.86. The van der Waals surface area contributed by atoms with E-state index >= 15 is 0 Å². The SMILES string of the molecule is CSC(N)=Nc1nc(-c2cccc(CNC(C)=O)n2)cs1.I. The molecule has 0 bridgehead atoms. The first-order valence-electron chi connectivity index (χ1n) is 6.13. The van der Waals surface area contributed by atoms with Crippen LogP contribution in [0.2, 0.25) is 0 Å². The van der Waals surface area contributed by atoms with Crippen molar-refractivity contribution in [3.63, 3.8) is 0 Å². The zero-order valence-electron chi connectivity index (χ0n) is 12.1. The van der Waals surface area contributed by atoms with Gasteiger partial charge in [0, 0.05) is 12.3 Å². The summed E-state index contributed by atoms with van der Waals surface area (Å²) in [4.78, 5) is 24.0. The Balaban J connectivity index is 0.00000242. The first-order valence-corrected chi connectivity index (χ1v) is 8.23. The Morgan fingerprint density at radius 2 is 2.18 bits per heavy atom. The average Bonchev–Trinajstić information content (AvgIpc) is 2.94. The van der Waals surface area contributed by atoms with Crippen LogP contribution in [0.5, 0.6) is 0 Å². The lowest BCUT2D eigenvalue weighted by molar-refractivity contribution is -0.119. The molecule has 0 saturated heterocycles. The second kappa shape index (κ2) is 9.06. The van der Waals surface area contributed by atoms with Crippen molar-refractivity contribution < 1.29 is 4.79 Å². The number of carbonyl (C=O) groups excluding carboxylic acids is 1. The molecule has 0 fully saturated rings. The van der Waals surface area contributed by atoms with Gasteiger partial charge in [-0.05, 0) is 18.4 Å². The van der Waals surface area contributed by atoms with Crippen LogP contribution in [-0.2, 0) is 11.3 Å². The monoisotopic (exact) mass is 449 g/mol. The van der Waals surface area contributed by atoms with E-state index in [-0.39, 0.29) is 29.9 Å². The first-order chi connectivity index (χ1) is 10.1. The maximum Gasteiger partial charge on any atom is 0.217 e. The summed E-state index contributed by atoms with van der Waals surface area (Å²) < 4.78 is 0. The normalized spacial score (nSPS) is 10.9. The molecule has 2 rings (SSSR count). The molecule has 2 aromatic heterocycles. The van der Waals surface area contributed by atoms with Gasteiger partial charge in [-0.2, -0.15) is 4.99 Å². The van der Waals surface area contributed by atoms with Gasteiger partial charge in [-0.3, -0.25) is 4.79 Å². The van der Waals surface area contributed by atoms with Crippen LogP contribution in [0.25, 0.3) is 11.4 Å². The summed E-state index contributed by atoms with van der Waals surface area (Å²) >= 11 is 2.79. The summed E-state index contributed by atoms with van der Waals surface area (Å²) in [6.45, 7) is 1.88. The summed E-state index contributed by atoms with van der Waals surface area (Å²) in [5, 5.41) is 5.68. The Bertz CT molecular complexity index is 674. The molecule has 0 aliphatic carbocycles. The highest BCUT2D eigenvalue weighted by Crippen LogP contribution is 2.26. The Morgan fingerprint density at radius 1 is 1.41 bits per heavy atom. The van der Waals surface area contributed by atoms with Crippen LogP contribution in [0.15, 0.2) is 28.6 Å². The molecular weight excluding hydrogens is 433 g/mol. The van der Waals surface area contributed by atoms with Crippen LogP contribution in [0, 0.1) is 0 Å². The number of halogens is 1. The highest BCUT2D eigenvalue weighted by atomic mass is 127. The van der Waals surface area contributed by atoms with Crippen LogP contribution in [0.4, 0.5) is 5.13 Å². The second-order valence-electron chi connectivity index (χ2n) is 4.09. The fourth-order valence-electron chi connectivity index (χ4n) is 1.51. The molecule has 0 spiro atoms. The van der Waals surface area contributed by atoms with E-state index in [4.69, 9.17) is 5.73 Å². The lowest BCUT2D eigenvalue weighted by Gasteiger charge is -2.03. The molecule has 3 N–H and O–H groups in total. The fraction of sp³-hybridized carbons (Fsp3) is 0.231. The van der Waals surface area contributed by atoms with E-state index in [1.165, 1.54) is 30.0 Å². The molecule has 6 nitrogen and oxygen atoms in total.